The lowest BCUT2D eigenvalue weighted by atomic mass is 10.2. The zero-order valence-corrected chi connectivity index (χ0v) is 8.97. The summed E-state index contributed by atoms with van der Waals surface area (Å²) in [7, 11) is 0. The third kappa shape index (κ3) is 1.91. The number of carbonyl (C=O) groups excluding carboxylic acids is 1. The summed E-state index contributed by atoms with van der Waals surface area (Å²) in [5.74, 6) is 0. The van der Waals surface area contributed by atoms with Crippen LogP contribution in [-0.4, -0.2) is 10.7 Å². The zero-order valence-electron chi connectivity index (χ0n) is 8.97. The van der Waals surface area contributed by atoms with Crippen molar-refractivity contribution in [3.8, 4) is 11.3 Å². The molecule has 1 aromatic heterocycles. The highest BCUT2D eigenvalue weighted by molar-refractivity contribution is 5.81. The standard InChI is InChI=1S/C12H13N3O/c1-9-7-8-11(15(9)14-12(13)16)10-5-3-2-4-6-10/h2-8H,1H3,(H3,13,14,16). The highest BCUT2D eigenvalue weighted by Crippen LogP contribution is 2.20. The third-order valence-electron chi connectivity index (χ3n) is 2.37. The van der Waals surface area contributed by atoms with E-state index in [2.05, 4.69) is 5.43 Å². The topological polar surface area (TPSA) is 60.1 Å². The average molecular weight is 215 g/mol. The Morgan fingerprint density at radius 2 is 1.88 bits per heavy atom. The van der Waals surface area contributed by atoms with Gasteiger partial charge < -0.3 is 5.73 Å². The second-order valence-electron chi connectivity index (χ2n) is 3.54. The van der Waals surface area contributed by atoms with E-state index in [0.717, 1.165) is 17.0 Å². The van der Waals surface area contributed by atoms with Crippen LogP contribution in [0, 0.1) is 6.92 Å². The summed E-state index contributed by atoms with van der Waals surface area (Å²) >= 11 is 0. The largest absolute Gasteiger partial charge is 0.350 e. The molecule has 0 saturated heterocycles. The molecule has 0 radical (unpaired) electrons. The van der Waals surface area contributed by atoms with Crippen molar-refractivity contribution < 1.29 is 4.79 Å². The molecule has 0 aliphatic carbocycles. The van der Waals surface area contributed by atoms with Crippen molar-refractivity contribution in [2.45, 2.75) is 6.92 Å². The molecule has 0 fully saturated rings. The normalized spacial score (nSPS) is 10.1. The molecule has 0 saturated carbocycles. The molecule has 0 aliphatic rings. The van der Waals surface area contributed by atoms with Crippen molar-refractivity contribution in [3.63, 3.8) is 0 Å². The van der Waals surface area contributed by atoms with E-state index in [1.807, 2.05) is 49.4 Å². The summed E-state index contributed by atoms with van der Waals surface area (Å²) in [5.41, 5.74) is 10.6. The number of amides is 2. The van der Waals surface area contributed by atoms with Crippen molar-refractivity contribution in [2.24, 2.45) is 5.73 Å². The highest BCUT2D eigenvalue weighted by Gasteiger charge is 2.07. The Hall–Kier alpha value is -2.23. The number of aromatic nitrogens is 1. The zero-order chi connectivity index (χ0) is 11.5. The molecule has 0 unspecified atom stereocenters. The summed E-state index contributed by atoms with van der Waals surface area (Å²) < 4.78 is 1.68. The van der Waals surface area contributed by atoms with Gasteiger partial charge in [-0.05, 0) is 19.1 Å². The van der Waals surface area contributed by atoms with E-state index in [1.165, 1.54) is 0 Å². The fourth-order valence-electron chi connectivity index (χ4n) is 1.63. The fourth-order valence-corrected chi connectivity index (χ4v) is 1.63. The number of hydrogen-bond acceptors (Lipinski definition) is 1. The van der Waals surface area contributed by atoms with Crippen LogP contribution in [0.1, 0.15) is 5.69 Å². The Morgan fingerprint density at radius 3 is 2.50 bits per heavy atom. The van der Waals surface area contributed by atoms with Gasteiger partial charge in [0.25, 0.3) is 0 Å². The molecular formula is C12H13N3O. The van der Waals surface area contributed by atoms with Gasteiger partial charge in [-0.3, -0.25) is 4.68 Å². The number of carbonyl (C=O) groups is 1. The first kappa shape index (κ1) is 10.3. The second kappa shape index (κ2) is 4.10. The van der Waals surface area contributed by atoms with E-state index in [9.17, 15) is 4.79 Å². The van der Waals surface area contributed by atoms with Gasteiger partial charge in [0.1, 0.15) is 0 Å². The van der Waals surface area contributed by atoms with E-state index in [0.29, 0.717) is 0 Å². The molecule has 1 aromatic carbocycles. The molecule has 4 nitrogen and oxygen atoms in total. The lowest BCUT2D eigenvalue weighted by Gasteiger charge is -2.11. The summed E-state index contributed by atoms with van der Waals surface area (Å²) in [6.07, 6.45) is 0. The van der Waals surface area contributed by atoms with Crippen molar-refractivity contribution in [1.82, 2.24) is 4.68 Å². The monoisotopic (exact) mass is 215 g/mol. The number of rotatable bonds is 2. The van der Waals surface area contributed by atoms with Gasteiger partial charge in [-0.1, -0.05) is 30.3 Å². The molecule has 0 aliphatic heterocycles. The number of hydrogen-bond donors (Lipinski definition) is 2. The smallest absolute Gasteiger partial charge is 0.331 e. The first-order chi connectivity index (χ1) is 7.68. The predicted molar refractivity (Wildman–Crippen MR) is 63.5 cm³/mol. The van der Waals surface area contributed by atoms with Crippen molar-refractivity contribution >= 4 is 6.03 Å². The number of benzene rings is 1. The van der Waals surface area contributed by atoms with Crippen LogP contribution in [0.25, 0.3) is 11.3 Å². The van der Waals surface area contributed by atoms with Gasteiger partial charge in [0.2, 0.25) is 0 Å². The maximum absolute atomic E-state index is 10.9. The molecule has 2 rings (SSSR count). The number of urea groups is 1. The van der Waals surface area contributed by atoms with E-state index in [-0.39, 0.29) is 0 Å². The van der Waals surface area contributed by atoms with Crippen LogP contribution in [0.3, 0.4) is 0 Å². The van der Waals surface area contributed by atoms with Crippen LogP contribution in [0.2, 0.25) is 0 Å². The number of primary amides is 1. The van der Waals surface area contributed by atoms with Crippen molar-refractivity contribution in [2.75, 3.05) is 5.43 Å². The third-order valence-corrected chi connectivity index (χ3v) is 2.37. The van der Waals surface area contributed by atoms with Gasteiger partial charge in [-0.2, -0.15) is 0 Å². The van der Waals surface area contributed by atoms with Crippen molar-refractivity contribution in [1.29, 1.82) is 0 Å². The maximum Gasteiger partial charge on any atom is 0.331 e. The molecule has 82 valence electrons. The Bertz CT molecular complexity index is 502. The molecule has 0 spiro atoms. The first-order valence-corrected chi connectivity index (χ1v) is 4.98. The quantitative estimate of drug-likeness (QED) is 0.791. The Kier molecular flexibility index (Phi) is 2.64. The molecular weight excluding hydrogens is 202 g/mol. The maximum atomic E-state index is 10.9. The van der Waals surface area contributed by atoms with Gasteiger partial charge in [-0.25, -0.2) is 10.2 Å². The Labute approximate surface area is 93.7 Å². The minimum absolute atomic E-state index is 0.573. The predicted octanol–water partition coefficient (Wildman–Crippen LogP) is 2.09. The second-order valence-corrected chi connectivity index (χ2v) is 3.54. The molecule has 0 bridgehead atoms. The van der Waals surface area contributed by atoms with Crippen molar-refractivity contribution in [3.05, 3.63) is 48.2 Å². The number of aryl methyl sites for hydroxylation is 1. The Balaban J connectivity index is 2.46. The minimum atomic E-state index is -0.573. The molecule has 16 heavy (non-hydrogen) atoms. The van der Waals surface area contributed by atoms with Gasteiger partial charge in [0.05, 0.1) is 5.69 Å². The van der Waals surface area contributed by atoms with Crippen LogP contribution in [0.15, 0.2) is 42.5 Å². The summed E-state index contributed by atoms with van der Waals surface area (Å²) in [6, 6.07) is 13.1. The summed E-state index contributed by atoms with van der Waals surface area (Å²) in [5, 5.41) is 0. The first-order valence-electron chi connectivity index (χ1n) is 4.98. The van der Waals surface area contributed by atoms with Gasteiger partial charge in [0, 0.05) is 11.3 Å². The molecule has 2 amide bonds. The summed E-state index contributed by atoms with van der Waals surface area (Å²) in [4.78, 5) is 10.9. The van der Waals surface area contributed by atoms with Crippen LogP contribution in [0.5, 0.6) is 0 Å². The van der Waals surface area contributed by atoms with Crippen LogP contribution >= 0.6 is 0 Å². The highest BCUT2D eigenvalue weighted by atomic mass is 16.2. The lowest BCUT2D eigenvalue weighted by Crippen LogP contribution is -2.29. The van der Waals surface area contributed by atoms with E-state index in [1.54, 1.807) is 4.68 Å². The van der Waals surface area contributed by atoms with Gasteiger partial charge >= 0.3 is 6.03 Å². The Morgan fingerprint density at radius 1 is 1.19 bits per heavy atom. The van der Waals surface area contributed by atoms with E-state index in [4.69, 9.17) is 5.73 Å². The summed E-state index contributed by atoms with van der Waals surface area (Å²) in [6.45, 7) is 1.91. The SMILES string of the molecule is Cc1ccc(-c2ccccc2)n1NC(N)=O. The molecule has 2 aromatic rings. The van der Waals surface area contributed by atoms with Gasteiger partial charge in [-0.15, -0.1) is 0 Å². The molecule has 1 heterocycles. The number of nitrogens with zero attached hydrogens (tertiary/aromatic N) is 1. The molecule has 0 atom stereocenters. The molecule has 4 heteroatoms. The minimum Gasteiger partial charge on any atom is -0.350 e. The van der Waals surface area contributed by atoms with Crippen LogP contribution in [-0.2, 0) is 0 Å². The van der Waals surface area contributed by atoms with E-state index < -0.39 is 6.03 Å². The van der Waals surface area contributed by atoms with Crippen LogP contribution in [0.4, 0.5) is 4.79 Å². The van der Waals surface area contributed by atoms with E-state index >= 15 is 0 Å². The van der Waals surface area contributed by atoms with Crippen LogP contribution < -0.4 is 11.2 Å². The number of nitrogens with one attached hydrogen (secondary N) is 1. The lowest BCUT2D eigenvalue weighted by molar-refractivity contribution is 0.257. The average Bonchev–Trinajstić information content (AvgIpc) is 2.61. The molecule has 3 N–H and O–H groups in total. The fraction of sp³-hybridized carbons (Fsp3) is 0.0833. The van der Waals surface area contributed by atoms with Gasteiger partial charge in [0.15, 0.2) is 0 Å². The number of nitrogens with two attached hydrogens (primary N) is 1.